The third-order valence-corrected chi connectivity index (χ3v) is 2.84. The Hall–Kier alpha value is -2.17. The lowest BCUT2D eigenvalue weighted by Gasteiger charge is -2.11. The Morgan fingerprint density at radius 3 is 2.22 bits per heavy atom. The molecule has 5 heteroatoms. The van der Waals surface area contributed by atoms with Crippen molar-refractivity contribution < 1.29 is 9.47 Å². The number of rotatable bonds is 4. The molecule has 96 valence electrons. The number of anilines is 1. The predicted molar refractivity (Wildman–Crippen MR) is 70.0 cm³/mol. The van der Waals surface area contributed by atoms with Crippen LogP contribution in [-0.4, -0.2) is 23.8 Å². The molecule has 0 atom stereocenters. The summed E-state index contributed by atoms with van der Waals surface area (Å²) in [4.78, 5) is 4.08. The Bertz CT molecular complexity index is 507. The second-order valence-electron chi connectivity index (χ2n) is 4.06. The van der Waals surface area contributed by atoms with Crippen molar-refractivity contribution in [3.05, 3.63) is 35.7 Å². The van der Waals surface area contributed by atoms with Crippen molar-refractivity contribution in [2.45, 2.75) is 13.5 Å². The van der Waals surface area contributed by atoms with Crippen molar-refractivity contribution in [2.75, 3.05) is 20.0 Å². The average molecular weight is 247 g/mol. The summed E-state index contributed by atoms with van der Waals surface area (Å²) >= 11 is 0. The summed E-state index contributed by atoms with van der Waals surface area (Å²) < 4.78 is 12.4. The van der Waals surface area contributed by atoms with E-state index in [9.17, 15) is 0 Å². The molecule has 0 aliphatic heterocycles. The second-order valence-corrected chi connectivity index (χ2v) is 4.06. The van der Waals surface area contributed by atoms with E-state index in [1.54, 1.807) is 20.4 Å². The molecule has 5 nitrogen and oxygen atoms in total. The van der Waals surface area contributed by atoms with Gasteiger partial charge in [0, 0.05) is 11.8 Å². The highest BCUT2D eigenvalue weighted by atomic mass is 16.5. The van der Waals surface area contributed by atoms with Crippen molar-refractivity contribution in [3.63, 3.8) is 0 Å². The zero-order valence-corrected chi connectivity index (χ0v) is 10.8. The van der Waals surface area contributed by atoms with Crippen molar-refractivity contribution in [2.24, 2.45) is 0 Å². The van der Waals surface area contributed by atoms with E-state index in [1.165, 1.54) is 0 Å². The summed E-state index contributed by atoms with van der Waals surface area (Å²) in [6.45, 7) is 2.62. The van der Waals surface area contributed by atoms with Crippen LogP contribution >= 0.6 is 0 Å². The zero-order chi connectivity index (χ0) is 13.1. The maximum absolute atomic E-state index is 5.82. The summed E-state index contributed by atoms with van der Waals surface area (Å²) in [6, 6.07) is 5.76. The molecule has 1 aromatic carbocycles. The van der Waals surface area contributed by atoms with Crippen LogP contribution in [-0.2, 0) is 6.54 Å². The molecule has 0 amide bonds. The van der Waals surface area contributed by atoms with Gasteiger partial charge >= 0.3 is 0 Å². The molecule has 0 bridgehead atoms. The lowest BCUT2D eigenvalue weighted by Crippen LogP contribution is -2.06. The van der Waals surface area contributed by atoms with E-state index in [0.717, 1.165) is 22.8 Å². The van der Waals surface area contributed by atoms with Crippen LogP contribution in [0.4, 0.5) is 5.95 Å². The standard InChI is InChI=1S/C13H17N3O2/c1-9-7-15-13(14)16(9)8-10-4-11(17-2)6-12(5-10)18-3/h4-7H,8H2,1-3H3,(H2,14,15). The number of aryl methyl sites for hydroxylation is 1. The van der Waals surface area contributed by atoms with Gasteiger partial charge in [0.15, 0.2) is 0 Å². The molecule has 2 N–H and O–H groups in total. The van der Waals surface area contributed by atoms with Gasteiger partial charge in [0.25, 0.3) is 0 Å². The first-order valence-corrected chi connectivity index (χ1v) is 5.63. The number of aromatic nitrogens is 2. The summed E-state index contributed by atoms with van der Waals surface area (Å²) in [5.74, 6) is 2.04. The number of ether oxygens (including phenoxy) is 2. The van der Waals surface area contributed by atoms with Crippen molar-refractivity contribution >= 4 is 5.95 Å². The highest BCUT2D eigenvalue weighted by Gasteiger charge is 2.07. The SMILES string of the molecule is COc1cc(Cn2c(C)cnc2N)cc(OC)c1. The van der Waals surface area contributed by atoms with Crippen LogP contribution in [0.15, 0.2) is 24.4 Å². The van der Waals surface area contributed by atoms with Crippen LogP contribution in [0.3, 0.4) is 0 Å². The van der Waals surface area contributed by atoms with E-state index in [4.69, 9.17) is 15.2 Å². The van der Waals surface area contributed by atoms with Crippen LogP contribution in [0.25, 0.3) is 0 Å². The fourth-order valence-corrected chi connectivity index (χ4v) is 1.83. The number of nitrogen functional groups attached to an aromatic ring is 1. The average Bonchev–Trinajstić information content (AvgIpc) is 2.70. The third kappa shape index (κ3) is 2.40. The van der Waals surface area contributed by atoms with E-state index in [2.05, 4.69) is 4.98 Å². The number of nitrogens with zero attached hydrogens (tertiary/aromatic N) is 2. The highest BCUT2D eigenvalue weighted by Crippen LogP contribution is 2.23. The van der Waals surface area contributed by atoms with E-state index in [0.29, 0.717) is 12.5 Å². The molecule has 0 unspecified atom stereocenters. The molecule has 2 aromatic rings. The largest absolute Gasteiger partial charge is 0.497 e. The van der Waals surface area contributed by atoms with Crippen LogP contribution in [0.2, 0.25) is 0 Å². The van der Waals surface area contributed by atoms with Gasteiger partial charge in [0.1, 0.15) is 11.5 Å². The summed E-state index contributed by atoms with van der Waals surface area (Å²) in [7, 11) is 3.27. The predicted octanol–water partition coefficient (Wildman–Crippen LogP) is 1.84. The minimum Gasteiger partial charge on any atom is -0.497 e. The molecular formula is C13H17N3O2. The van der Waals surface area contributed by atoms with Crippen molar-refractivity contribution in [1.82, 2.24) is 9.55 Å². The Balaban J connectivity index is 2.34. The third-order valence-electron chi connectivity index (χ3n) is 2.84. The van der Waals surface area contributed by atoms with Gasteiger partial charge in [0.05, 0.1) is 27.0 Å². The quantitative estimate of drug-likeness (QED) is 0.895. The molecule has 1 aromatic heterocycles. The fraction of sp³-hybridized carbons (Fsp3) is 0.308. The lowest BCUT2D eigenvalue weighted by atomic mass is 10.2. The van der Waals surface area contributed by atoms with Gasteiger partial charge in [-0.2, -0.15) is 0 Å². The molecule has 0 radical (unpaired) electrons. The van der Waals surface area contributed by atoms with E-state index in [1.807, 2.05) is 29.7 Å². The Kier molecular flexibility index (Phi) is 3.41. The topological polar surface area (TPSA) is 62.3 Å². The maximum Gasteiger partial charge on any atom is 0.200 e. The summed E-state index contributed by atoms with van der Waals surface area (Å²) in [6.07, 6.45) is 1.76. The number of nitrogens with two attached hydrogens (primary N) is 1. The fourth-order valence-electron chi connectivity index (χ4n) is 1.83. The highest BCUT2D eigenvalue weighted by molar-refractivity contribution is 5.39. The van der Waals surface area contributed by atoms with Gasteiger partial charge in [0.2, 0.25) is 5.95 Å². The first-order chi connectivity index (χ1) is 8.63. The van der Waals surface area contributed by atoms with E-state index >= 15 is 0 Å². The minimum atomic E-state index is 0.509. The number of imidazole rings is 1. The zero-order valence-electron chi connectivity index (χ0n) is 10.8. The van der Waals surface area contributed by atoms with Gasteiger partial charge in [-0.15, -0.1) is 0 Å². The number of benzene rings is 1. The monoisotopic (exact) mass is 247 g/mol. The Morgan fingerprint density at radius 2 is 1.78 bits per heavy atom. The van der Waals surface area contributed by atoms with Crippen LogP contribution < -0.4 is 15.2 Å². The number of hydrogen-bond donors (Lipinski definition) is 1. The second kappa shape index (κ2) is 5.00. The van der Waals surface area contributed by atoms with Crippen molar-refractivity contribution in [3.8, 4) is 11.5 Å². The molecule has 0 aliphatic rings. The Labute approximate surface area is 106 Å². The van der Waals surface area contributed by atoms with Crippen molar-refractivity contribution in [1.29, 1.82) is 0 Å². The minimum absolute atomic E-state index is 0.509. The first kappa shape index (κ1) is 12.3. The molecule has 0 fully saturated rings. The molecule has 18 heavy (non-hydrogen) atoms. The van der Waals surface area contributed by atoms with Gasteiger partial charge < -0.3 is 19.8 Å². The van der Waals surface area contributed by atoms with Gasteiger partial charge in [-0.25, -0.2) is 4.98 Å². The van der Waals surface area contributed by atoms with Crippen LogP contribution in [0.5, 0.6) is 11.5 Å². The first-order valence-electron chi connectivity index (χ1n) is 5.63. The molecule has 2 rings (SSSR count). The molecule has 0 saturated heterocycles. The molecule has 0 saturated carbocycles. The molecule has 1 heterocycles. The van der Waals surface area contributed by atoms with Gasteiger partial charge in [-0.3, -0.25) is 0 Å². The smallest absolute Gasteiger partial charge is 0.200 e. The number of hydrogen-bond acceptors (Lipinski definition) is 4. The normalized spacial score (nSPS) is 10.4. The Morgan fingerprint density at radius 1 is 1.17 bits per heavy atom. The van der Waals surface area contributed by atoms with E-state index in [-0.39, 0.29) is 0 Å². The molecular weight excluding hydrogens is 230 g/mol. The number of methoxy groups -OCH3 is 2. The molecule has 0 spiro atoms. The van der Waals surface area contributed by atoms with Crippen LogP contribution in [0, 0.1) is 6.92 Å². The molecule has 0 aliphatic carbocycles. The summed E-state index contributed by atoms with van der Waals surface area (Å²) in [5, 5.41) is 0. The van der Waals surface area contributed by atoms with Gasteiger partial charge in [-0.1, -0.05) is 0 Å². The van der Waals surface area contributed by atoms with Gasteiger partial charge in [-0.05, 0) is 24.6 Å². The van der Waals surface area contributed by atoms with E-state index < -0.39 is 0 Å². The summed E-state index contributed by atoms with van der Waals surface area (Å²) in [5.41, 5.74) is 7.90. The maximum atomic E-state index is 5.82. The lowest BCUT2D eigenvalue weighted by molar-refractivity contribution is 0.393. The van der Waals surface area contributed by atoms with Crippen LogP contribution in [0.1, 0.15) is 11.3 Å².